The van der Waals surface area contributed by atoms with Gasteiger partial charge in [-0.05, 0) is 6.42 Å². The molecular weight excluding hydrogens is 270 g/mol. The molecule has 0 bridgehead atoms. The molecule has 0 saturated heterocycles. The van der Waals surface area contributed by atoms with Gasteiger partial charge in [-0.15, -0.1) is 0 Å². The normalized spacial score (nSPS) is 18.6. The molecule has 3 rings (SSSR count). The molecule has 1 aliphatic rings. The predicted octanol–water partition coefficient (Wildman–Crippen LogP) is 1.20. The topological polar surface area (TPSA) is 87.0 Å². The molecule has 0 amide bonds. The highest BCUT2D eigenvalue weighted by atomic mass is 16.4. The summed E-state index contributed by atoms with van der Waals surface area (Å²) in [5.74, 6) is 0.0405. The molecule has 7 heteroatoms. The van der Waals surface area contributed by atoms with Crippen LogP contribution in [0.5, 0.6) is 0 Å². The number of nitrogens with one attached hydrogen (secondary N) is 1. The van der Waals surface area contributed by atoms with Gasteiger partial charge >= 0.3 is 5.97 Å². The lowest BCUT2D eigenvalue weighted by molar-refractivity contribution is -0.144. The van der Waals surface area contributed by atoms with Gasteiger partial charge in [-0.3, -0.25) is 9.69 Å². The van der Waals surface area contributed by atoms with E-state index >= 15 is 0 Å². The van der Waals surface area contributed by atoms with Crippen molar-refractivity contribution in [1.29, 1.82) is 0 Å². The van der Waals surface area contributed by atoms with E-state index in [1.54, 1.807) is 12.5 Å². The SMILES string of the molecule is CCCn1ccnc1CN1CCc2[nH]cnc2[C@@H]1C(=O)O. The van der Waals surface area contributed by atoms with Gasteiger partial charge in [-0.2, -0.15) is 0 Å². The number of carbonyl (C=O) groups is 1. The maximum absolute atomic E-state index is 11.6. The van der Waals surface area contributed by atoms with Crippen molar-refractivity contribution in [3.8, 4) is 0 Å². The molecular formula is C14H19N5O2. The van der Waals surface area contributed by atoms with Crippen LogP contribution in [0.2, 0.25) is 0 Å². The number of hydrogen-bond acceptors (Lipinski definition) is 4. The van der Waals surface area contributed by atoms with E-state index in [0.29, 0.717) is 18.8 Å². The molecule has 7 nitrogen and oxygen atoms in total. The Morgan fingerprint density at radius 2 is 2.38 bits per heavy atom. The van der Waals surface area contributed by atoms with Gasteiger partial charge in [-0.25, -0.2) is 9.97 Å². The molecule has 1 atom stereocenters. The van der Waals surface area contributed by atoms with E-state index in [1.807, 2.05) is 11.1 Å². The molecule has 21 heavy (non-hydrogen) atoms. The number of rotatable bonds is 5. The van der Waals surface area contributed by atoms with Gasteiger partial charge in [0, 0.05) is 37.6 Å². The minimum Gasteiger partial charge on any atom is -0.480 e. The van der Waals surface area contributed by atoms with Crippen LogP contribution in [-0.4, -0.2) is 42.0 Å². The molecule has 112 valence electrons. The first kappa shape index (κ1) is 13.8. The fourth-order valence-electron chi connectivity index (χ4n) is 2.89. The summed E-state index contributed by atoms with van der Waals surface area (Å²) in [5.41, 5.74) is 1.55. The molecule has 0 radical (unpaired) electrons. The van der Waals surface area contributed by atoms with E-state index in [1.165, 1.54) is 0 Å². The van der Waals surface area contributed by atoms with Gasteiger partial charge in [0.25, 0.3) is 0 Å². The van der Waals surface area contributed by atoms with Crippen LogP contribution in [0.1, 0.15) is 36.6 Å². The van der Waals surface area contributed by atoms with Crippen molar-refractivity contribution in [2.45, 2.75) is 38.9 Å². The van der Waals surface area contributed by atoms with Crippen LogP contribution in [0.4, 0.5) is 0 Å². The molecule has 2 N–H and O–H groups in total. The van der Waals surface area contributed by atoms with Crippen molar-refractivity contribution in [3.05, 3.63) is 35.9 Å². The van der Waals surface area contributed by atoms with Gasteiger partial charge in [0.15, 0.2) is 6.04 Å². The maximum atomic E-state index is 11.6. The first-order valence-corrected chi connectivity index (χ1v) is 7.19. The van der Waals surface area contributed by atoms with E-state index in [0.717, 1.165) is 30.9 Å². The third-order valence-electron chi connectivity index (χ3n) is 3.87. The number of fused-ring (bicyclic) bond motifs is 1. The van der Waals surface area contributed by atoms with Gasteiger partial charge in [-0.1, -0.05) is 6.92 Å². The number of hydrogen-bond donors (Lipinski definition) is 2. The standard InChI is InChI=1S/C14H19N5O2/c1-2-5-18-7-4-15-11(18)8-19-6-3-10-12(17-9-16-10)13(19)14(20)21/h4,7,9,13H,2-3,5-6,8H2,1H3,(H,16,17)(H,20,21)/t13-/m1/s1. The number of aromatic nitrogens is 4. The van der Waals surface area contributed by atoms with E-state index < -0.39 is 12.0 Å². The summed E-state index contributed by atoms with van der Waals surface area (Å²) >= 11 is 0. The van der Waals surface area contributed by atoms with Crippen molar-refractivity contribution in [2.24, 2.45) is 0 Å². The average Bonchev–Trinajstić information content (AvgIpc) is 3.08. The van der Waals surface area contributed by atoms with E-state index in [4.69, 9.17) is 0 Å². The summed E-state index contributed by atoms with van der Waals surface area (Å²) in [6, 6.07) is -0.702. The van der Waals surface area contributed by atoms with Crippen LogP contribution in [-0.2, 0) is 24.3 Å². The summed E-state index contributed by atoms with van der Waals surface area (Å²) in [7, 11) is 0. The van der Waals surface area contributed by atoms with Crippen molar-refractivity contribution < 1.29 is 9.90 Å². The second kappa shape index (κ2) is 5.69. The third-order valence-corrected chi connectivity index (χ3v) is 3.87. The zero-order valence-corrected chi connectivity index (χ0v) is 12.0. The Morgan fingerprint density at radius 3 is 3.14 bits per heavy atom. The largest absolute Gasteiger partial charge is 0.480 e. The van der Waals surface area contributed by atoms with E-state index in [-0.39, 0.29) is 0 Å². The van der Waals surface area contributed by atoms with Gasteiger partial charge in [0.1, 0.15) is 5.82 Å². The highest BCUT2D eigenvalue weighted by molar-refractivity contribution is 5.75. The number of carboxylic acid groups (broad SMARTS) is 1. The van der Waals surface area contributed by atoms with Gasteiger partial charge in [0.2, 0.25) is 0 Å². The second-order valence-electron chi connectivity index (χ2n) is 5.26. The van der Waals surface area contributed by atoms with Gasteiger partial charge < -0.3 is 14.7 Å². The maximum Gasteiger partial charge on any atom is 0.327 e. The summed E-state index contributed by atoms with van der Waals surface area (Å²) < 4.78 is 2.08. The van der Waals surface area contributed by atoms with Crippen molar-refractivity contribution >= 4 is 5.97 Å². The van der Waals surface area contributed by atoms with Gasteiger partial charge in [0.05, 0.1) is 18.6 Å². The van der Waals surface area contributed by atoms with Crippen LogP contribution in [0.25, 0.3) is 0 Å². The summed E-state index contributed by atoms with van der Waals surface area (Å²) in [4.78, 5) is 25.2. The monoisotopic (exact) mass is 289 g/mol. The zero-order chi connectivity index (χ0) is 14.8. The number of carboxylic acids is 1. The molecule has 3 heterocycles. The number of aliphatic carboxylic acids is 1. The lowest BCUT2D eigenvalue weighted by atomic mass is 10.0. The molecule has 2 aromatic rings. The average molecular weight is 289 g/mol. The Hall–Kier alpha value is -2.15. The van der Waals surface area contributed by atoms with Crippen LogP contribution < -0.4 is 0 Å². The highest BCUT2D eigenvalue weighted by Crippen LogP contribution is 2.28. The molecule has 0 aromatic carbocycles. The summed E-state index contributed by atoms with van der Waals surface area (Å²) in [6.45, 7) is 4.22. The molecule has 0 saturated carbocycles. The van der Waals surface area contributed by atoms with Crippen LogP contribution in [0.3, 0.4) is 0 Å². The molecule has 0 spiro atoms. The van der Waals surface area contributed by atoms with Crippen LogP contribution in [0.15, 0.2) is 18.7 Å². The van der Waals surface area contributed by atoms with Crippen molar-refractivity contribution in [2.75, 3.05) is 6.54 Å². The smallest absolute Gasteiger partial charge is 0.327 e. The number of imidazole rings is 2. The summed E-state index contributed by atoms with van der Waals surface area (Å²) in [6.07, 6.45) is 7.09. The fraction of sp³-hybridized carbons (Fsp3) is 0.500. The lowest BCUT2D eigenvalue weighted by Gasteiger charge is -2.31. The Morgan fingerprint density at radius 1 is 1.52 bits per heavy atom. The Balaban J connectivity index is 1.85. The predicted molar refractivity (Wildman–Crippen MR) is 75.6 cm³/mol. The zero-order valence-electron chi connectivity index (χ0n) is 12.0. The summed E-state index contributed by atoms with van der Waals surface area (Å²) in [5, 5.41) is 9.55. The van der Waals surface area contributed by atoms with Crippen LogP contribution in [0, 0.1) is 0 Å². The van der Waals surface area contributed by atoms with Crippen molar-refractivity contribution in [3.63, 3.8) is 0 Å². The number of H-pyrrole nitrogens is 1. The minimum absolute atomic E-state index is 0.524. The fourth-order valence-corrected chi connectivity index (χ4v) is 2.89. The Kier molecular flexibility index (Phi) is 3.74. The number of aryl methyl sites for hydroxylation is 1. The highest BCUT2D eigenvalue weighted by Gasteiger charge is 2.35. The van der Waals surface area contributed by atoms with E-state index in [2.05, 4.69) is 26.4 Å². The third kappa shape index (κ3) is 2.56. The molecule has 0 fully saturated rings. The number of nitrogens with zero attached hydrogens (tertiary/aromatic N) is 4. The number of aromatic amines is 1. The first-order valence-electron chi connectivity index (χ1n) is 7.19. The Bertz CT molecular complexity index is 633. The van der Waals surface area contributed by atoms with E-state index in [9.17, 15) is 9.90 Å². The van der Waals surface area contributed by atoms with Crippen molar-refractivity contribution in [1.82, 2.24) is 24.4 Å². The minimum atomic E-state index is -0.864. The molecule has 1 aliphatic heterocycles. The molecule has 2 aromatic heterocycles. The second-order valence-corrected chi connectivity index (χ2v) is 5.26. The first-order chi connectivity index (χ1) is 10.2. The van der Waals surface area contributed by atoms with Crippen LogP contribution >= 0.6 is 0 Å². The lowest BCUT2D eigenvalue weighted by Crippen LogP contribution is -2.40. The quantitative estimate of drug-likeness (QED) is 0.863. The molecule has 0 aliphatic carbocycles. The molecule has 0 unspecified atom stereocenters. The Labute approximate surface area is 122 Å².